The molecule has 3 rings (SSSR count). The molecule has 0 spiro atoms. The second-order valence-electron chi connectivity index (χ2n) is 13.8. The van der Waals surface area contributed by atoms with E-state index in [0.29, 0.717) is 12.2 Å². The van der Waals surface area contributed by atoms with Gasteiger partial charge in [0, 0.05) is 37.1 Å². The average Bonchev–Trinajstić information content (AvgIpc) is 3.69. The van der Waals surface area contributed by atoms with Crippen LogP contribution in [0.1, 0.15) is 78.4 Å². The number of amides is 2. The smallest absolute Gasteiger partial charge is 0.386 e. The molecular formula is C30H52N7O17P3S. The van der Waals surface area contributed by atoms with Crippen LogP contribution in [0.25, 0.3) is 11.2 Å². The Balaban J connectivity index is 1.43. The summed E-state index contributed by atoms with van der Waals surface area (Å²) < 4.78 is 62.2. The second-order valence-corrected chi connectivity index (χ2v) is 19.2. The van der Waals surface area contributed by atoms with Gasteiger partial charge >= 0.3 is 23.5 Å². The predicted octanol–water partition coefficient (Wildman–Crippen LogP) is 1.42. The Hall–Kier alpha value is -2.44. The summed E-state index contributed by atoms with van der Waals surface area (Å²) in [6, 6.07) is 0. The van der Waals surface area contributed by atoms with Gasteiger partial charge in [0.1, 0.15) is 36.3 Å². The van der Waals surface area contributed by atoms with Crippen LogP contribution in [0.2, 0.25) is 0 Å². The molecule has 0 saturated carbocycles. The van der Waals surface area contributed by atoms with Crippen LogP contribution >= 0.6 is 35.2 Å². The van der Waals surface area contributed by atoms with Crippen molar-refractivity contribution in [1.82, 2.24) is 30.2 Å². The fourth-order valence-corrected chi connectivity index (χ4v) is 8.97. The molecule has 2 unspecified atom stereocenters. The van der Waals surface area contributed by atoms with Crippen molar-refractivity contribution in [2.75, 3.05) is 37.8 Å². The Morgan fingerprint density at radius 2 is 1.66 bits per heavy atom. The predicted molar refractivity (Wildman–Crippen MR) is 205 cm³/mol. The monoisotopic (exact) mass is 907 g/mol. The highest BCUT2D eigenvalue weighted by Crippen LogP contribution is 2.61. The highest BCUT2D eigenvalue weighted by atomic mass is 32.2. The highest BCUT2D eigenvalue weighted by Gasteiger charge is 2.50. The standard InChI is InChI=1S/C30H52N7O17P3S/c1-4-5-6-7-8-9-10-21(39)58-14-13-32-20(38)11-12-33-28(42)25(41)30(2,3)16-51-57(48,49)54-56(46,47)50-15-19-24(53-55(43,44)45)23(40)29(52-19)37-18-36-22-26(31)34-17-35-27(22)37/h17-19,23-25,29,40-41H,4-16H2,1-3H3,(H,32,38)(H,33,42)(H,46,47)(H,48,49)(H2,31,34,35)(H2,43,44,45)/t19-,23-,24-,25+,29-/m1/s1. The number of nitrogens with one attached hydrogen (secondary N) is 2. The van der Waals surface area contributed by atoms with E-state index in [-0.39, 0.29) is 41.6 Å². The van der Waals surface area contributed by atoms with Gasteiger partial charge in [-0.15, -0.1) is 0 Å². The van der Waals surface area contributed by atoms with Crippen molar-refractivity contribution in [3.8, 4) is 0 Å². The number of phosphoric acid groups is 3. The van der Waals surface area contributed by atoms with Crippen molar-refractivity contribution in [2.24, 2.45) is 5.41 Å². The molecule has 10 N–H and O–H groups in total. The van der Waals surface area contributed by atoms with Crippen molar-refractivity contribution < 1.29 is 80.5 Å². The molecule has 0 aromatic carbocycles. The Labute approximate surface area is 337 Å². The fraction of sp³-hybridized carbons (Fsp3) is 0.733. The molecule has 3 heterocycles. The van der Waals surface area contributed by atoms with Crippen LogP contribution in [0.3, 0.4) is 0 Å². The van der Waals surface area contributed by atoms with Crippen molar-refractivity contribution in [3.63, 3.8) is 0 Å². The molecule has 1 aliphatic rings. The number of hydrogen-bond acceptors (Lipinski definition) is 18. The van der Waals surface area contributed by atoms with E-state index in [0.717, 1.165) is 61.1 Å². The Morgan fingerprint density at radius 1 is 0.983 bits per heavy atom. The van der Waals surface area contributed by atoms with Crippen LogP contribution in [0, 0.1) is 5.41 Å². The first-order chi connectivity index (χ1) is 27.1. The van der Waals surface area contributed by atoms with Gasteiger partial charge in [-0.2, -0.15) is 4.31 Å². The highest BCUT2D eigenvalue weighted by molar-refractivity contribution is 8.13. The molecule has 24 nitrogen and oxygen atoms in total. The summed E-state index contributed by atoms with van der Waals surface area (Å²) in [5.74, 6) is -1.03. The summed E-state index contributed by atoms with van der Waals surface area (Å²) in [5, 5.41) is 26.5. The van der Waals surface area contributed by atoms with Gasteiger partial charge in [0.25, 0.3) is 0 Å². The first kappa shape index (κ1) is 49.9. The van der Waals surface area contributed by atoms with E-state index >= 15 is 0 Å². The quantitative estimate of drug-likeness (QED) is 0.0476. The number of rotatable bonds is 26. The third-order valence-corrected chi connectivity index (χ3v) is 12.5. The van der Waals surface area contributed by atoms with Gasteiger partial charge in [-0.05, 0) is 6.42 Å². The van der Waals surface area contributed by atoms with Crippen molar-refractivity contribution in [3.05, 3.63) is 12.7 Å². The Bertz CT molecular complexity index is 1840. The lowest BCUT2D eigenvalue weighted by Crippen LogP contribution is -2.46. The van der Waals surface area contributed by atoms with E-state index in [1.165, 1.54) is 20.3 Å². The zero-order valence-electron chi connectivity index (χ0n) is 32.0. The zero-order valence-corrected chi connectivity index (χ0v) is 35.5. The number of aromatic nitrogens is 4. The van der Waals surface area contributed by atoms with E-state index < -0.39 is 84.6 Å². The molecule has 2 amide bonds. The molecule has 1 aliphatic heterocycles. The molecule has 2 aromatic rings. The molecule has 7 atom stereocenters. The first-order valence-electron chi connectivity index (χ1n) is 18.1. The third kappa shape index (κ3) is 16.2. The molecule has 1 saturated heterocycles. The summed E-state index contributed by atoms with van der Waals surface area (Å²) in [4.78, 5) is 87.7. The van der Waals surface area contributed by atoms with E-state index in [1.807, 2.05) is 0 Å². The van der Waals surface area contributed by atoms with Crippen LogP contribution < -0.4 is 16.4 Å². The van der Waals surface area contributed by atoms with E-state index in [9.17, 15) is 57.9 Å². The largest absolute Gasteiger partial charge is 0.481 e. The first-order valence-corrected chi connectivity index (χ1v) is 23.6. The molecule has 330 valence electrons. The van der Waals surface area contributed by atoms with Crippen molar-refractivity contribution >= 4 is 69.1 Å². The molecule has 28 heteroatoms. The van der Waals surface area contributed by atoms with E-state index in [2.05, 4.69) is 41.3 Å². The Morgan fingerprint density at radius 3 is 2.34 bits per heavy atom. The summed E-state index contributed by atoms with van der Waals surface area (Å²) >= 11 is 1.14. The number of anilines is 1. The van der Waals surface area contributed by atoms with Crippen LogP contribution in [-0.4, -0.2) is 123 Å². The normalized spacial score (nSPS) is 21.3. The third-order valence-electron chi connectivity index (χ3n) is 8.50. The van der Waals surface area contributed by atoms with Crippen LogP contribution in [0.4, 0.5) is 5.82 Å². The molecule has 1 fully saturated rings. The van der Waals surface area contributed by atoms with Gasteiger partial charge in [-0.3, -0.25) is 32.5 Å². The number of nitrogens with two attached hydrogens (primary N) is 1. The number of imidazole rings is 1. The lowest BCUT2D eigenvalue weighted by atomic mass is 9.87. The van der Waals surface area contributed by atoms with Gasteiger partial charge in [0.15, 0.2) is 22.8 Å². The molecular weight excluding hydrogens is 855 g/mol. The number of fused-ring (bicyclic) bond motifs is 1. The summed E-state index contributed by atoms with van der Waals surface area (Å²) in [5.41, 5.74) is 4.28. The van der Waals surface area contributed by atoms with Crippen LogP contribution in [0.15, 0.2) is 12.7 Å². The number of aliphatic hydroxyl groups excluding tert-OH is 2. The maximum absolute atomic E-state index is 12.7. The van der Waals surface area contributed by atoms with Gasteiger partial charge in [0.2, 0.25) is 11.8 Å². The summed E-state index contributed by atoms with van der Waals surface area (Å²) in [7, 11) is -16.4. The number of carbonyl (C=O) groups excluding carboxylic acids is 3. The minimum Gasteiger partial charge on any atom is -0.386 e. The zero-order chi connectivity index (χ0) is 43.3. The molecule has 0 radical (unpaired) electrons. The number of carbonyl (C=O) groups is 3. The number of aliphatic hydroxyl groups is 2. The average molecular weight is 908 g/mol. The number of hydrogen-bond donors (Lipinski definition) is 9. The van der Waals surface area contributed by atoms with Crippen LogP contribution in [0.5, 0.6) is 0 Å². The number of thioether (sulfide) groups is 1. The topological polar surface area (TPSA) is 364 Å². The summed E-state index contributed by atoms with van der Waals surface area (Å²) in [6.45, 7) is 2.70. The molecule has 0 bridgehead atoms. The van der Waals surface area contributed by atoms with Gasteiger partial charge in [-0.1, -0.05) is 64.6 Å². The molecule has 58 heavy (non-hydrogen) atoms. The van der Waals surface area contributed by atoms with E-state index in [1.54, 1.807) is 0 Å². The number of ether oxygens (including phenoxy) is 1. The summed E-state index contributed by atoms with van der Waals surface area (Å²) in [6.07, 6.45) is 0.0508. The second kappa shape index (κ2) is 22.4. The maximum Gasteiger partial charge on any atom is 0.481 e. The van der Waals surface area contributed by atoms with Crippen LogP contribution in [-0.2, 0) is 50.7 Å². The van der Waals surface area contributed by atoms with Gasteiger partial charge in [-0.25, -0.2) is 28.6 Å². The number of nitrogen functional groups attached to an aromatic ring is 1. The number of phosphoric ester groups is 3. The fourth-order valence-electron chi connectivity index (χ4n) is 5.42. The number of unbranched alkanes of at least 4 members (excludes halogenated alkanes) is 5. The van der Waals surface area contributed by atoms with Crippen molar-refractivity contribution in [2.45, 2.75) is 103 Å². The SMILES string of the molecule is CCCCCCCCC(=O)SCCNC(=O)CCNC(=O)[C@H](O)C(C)(C)COP(=O)(O)OP(=O)(O)OC[C@H]1O[C@@H](n2cnc3c(N)ncnc32)[C@H](O)[C@@H]1OP(=O)(O)O. The lowest BCUT2D eigenvalue weighted by Gasteiger charge is -2.30. The Kier molecular flexibility index (Phi) is 19.3. The van der Waals surface area contributed by atoms with Gasteiger partial charge in [0.05, 0.1) is 19.5 Å². The van der Waals surface area contributed by atoms with Crippen molar-refractivity contribution in [1.29, 1.82) is 0 Å². The number of nitrogens with zero attached hydrogens (tertiary/aromatic N) is 4. The molecule has 2 aromatic heterocycles. The lowest BCUT2D eigenvalue weighted by molar-refractivity contribution is -0.137. The minimum absolute atomic E-state index is 0.0327. The minimum atomic E-state index is -5.57. The molecule has 0 aliphatic carbocycles. The maximum atomic E-state index is 12.7. The van der Waals surface area contributed by atoms with E-state index in [4.69, 9.17) is 19.5 Å². The van der Waals surface area contributed by atoms with Gasteiger partial charge < -0.3 is 50.9 Å².